The molecule has 0 aliphatic carbocycles. The average molecular weight is 354 g/mol. The van der Waals surface area contributed by atoms with Gasteiger partial charge in [-0.15, -0.1) is 22.7 Å². The number of rotatable bonds is 7. The van der Waals surface area contributed by atoms with Crippen LogP contribution in [0.1, 0.15) is 35.1 Å². The zero-order chi connectivity index (χ0) is 15.3. The smallest absolute Gasteiger partial charge is 0.305 e. The summed E-state index contributed by atoms with van der Waals surface area (Å²) in [6, 6.07) is 7.79. The van der Waals surface area contributed by atoms with Crippen LogP contribution in [0.25, 0.3) is 0 Å². The Morgan fingerprint density at radius 2 is 1.95 bits per heavy atom. The van der Waals surface area contributed by atoms with E-state index >= 15 is 0 Å². The summed E-state index contributed by atoms with van der Waals surface area (Å²) in [6.07, 6.45) is -4.13. The molecule has 2 heterocycles. The largest absolute Gasteiger partial charge is 0.389 e. The lowest BCUT2D eigenvalue weighted by Gasteiger charge is -2.16. The van der Waals surface area contributed by atoms with Crippen molar-refractivity contribution in [3.05, 3.63) is 43.7 Å². The van der Waals surface area contributed by atoms with E-state index in [1.165, 1.54) is 11.3 Å². The van der Waals surface area contributed by atoms with Crippen molar-refractivity contribution in [1.82, 2.24) is 5.32 Å². The SMILES string of the molecule is FC(F)(F)CCCCNC(c1cccs1)c1ccc(Cl)s1. The Morgan fingerprint density at radius 1 is 1.14 bits per heavy atom. The van der Waals surface area contributed by atoms with Gasteiger partial charge in [0.05, 0.1) is 10.4 Å². The van der Waals surface area contributed by atoms with Gasteiger partial charge in [0, 0.05) is 16.2 Å². The molecule has 0 bridgehead atoms. The lowest BCUT2D eigenvalue weighted by Crippen LogP contribution is -2.22. The fourth-order valence-electron chi connectivity index (χ4n) is 1.98. The Balaban J connectivity index is 1.89. The molecule has 0 aliphatic heterocycles. The highest BCUT2D eigenvalue weighted by Crippen LogP contribution is 2.33. The predicted octanol–water partition coefficient (Wildman–Crippen LogP) is 5.87. The third-order valence-corrected chi connectivity index (χ3v) is 5.17. The topological polar surface area (TPSA) is 12.0 Å². The molecule has 0 fully saturated rings. The van der Waals surface area contributed by atoms with Gasteiger partial charge in [-0.1, -0.05) is 17.7 Å². The summed E-state index contributed by atoms with van der Waals surface area (Å²) < 4.78 is 37.0. The summed E-state index contributed by atoms with van der Waals surface area (Å²) in [5.74, 6) is 0. The van der Waals surface area contributed by atoms with Gasteiger partial charge in [-0.2, -0.15) is 13.2 Å². The second kappa shape index (κ2) is 7.63. The minimum absolute atomic E-state index is 0.00777. The highest BCUT2D eigenvalue weighted by atomic mass is 35.5. The minimum Gasteiger partial charge on any atom is -0.305 e. The van der Waals surface area contributed by atoms with Crippen molar-refractivity contribution in [2.24, 2.45) is 0 Å². The normalized spacial score (nSPS) is 13.5. The van der Waals surface area contributed by atoms with E-state index in [1.807, 2.05) is 29.6 Å². The lowest BCUT2D eigenvalue weighted by atomic mass is 10.2. The number of alkyl halides is 3. The van der Waals surface area contributed by atoms with Crippen LogP contribution < -0.4 is 5.32 Å². The predicted molar refractivity (Wildman–Crippen MR) is 83.4 cm³/mol. The van der Waals surface area contributed by atoms with Crippen molar-refractivity contribution in [3.8, 4) is 0 Å². The van der Waals surface area contributed by atoms with Gasteiger partial charge in [-0.3, -0.25) is 0 Å². The maximum absolute atomic E-state index is 12.1. The molecule has 1 atom stereocenters. The van der Waals surface area contributed by atoms with Crippen LogP contribution in [0.2, 0.25) is 4.34 Å². The molecular weight excluding hydrogens is 339 g/mol. The van der Waals surface area contributed by atoms with Crippen molar-refractivity contribution >= 4 is 34.3 Å². The lowest BCUT2D eigenvalue weighted by molar-refractivity contribution is -0.135. The molecule has 2 aromatic heterocycles. The Hall–Kier alpha value is -0.560. The van der Waals surface area contributed by atoms with Crippen molar-refractivity contribution < 1.29 is 13.2 Å². The van der Waals surface area contributed by atoms with Gasteiger partial charge in [0.2, 0.25) is 0 Å². The number of hydrogen-bond acceptors (Lipinski definition) is 3. The number of unbranched alkanes of at least 4 members (excludes halogenated alkanes) is 1. The summed E-state index contributed by atoms with van der Waals surface area (Å²) in [7, 11) is 0. The molecular formula is C14H15ClF3NS2. The Bertz CT molecular complexity index is 537. The molecule has 2 aromatic rings. The number of thiophene rings is 2. The van der Waals surface area contributed by atoms with Crippen LogP contribution in [0.15, 0.2) is 29.6 Å². The molecule has 0 amide bonds. The molecule has 1 unspecified atom stereocenters. The fraction of sp³-hybridized carbons (Fsp3) is 0.429. The van der Waals surface area contributed by atoms with Crippen molar-refractivity contribution in [2.45, 2.75) is 31.5 Å². The van der Waals surface area contributed by atoms with Crippen LogP contribution in [0.5, 0.6) is 0 Å². The molecule has 0 aromatic carbocycles. The quantitative estimate of drug-likeness (QED) is 0.613. The summed E-state index contributed by atoms with van der Waals surface area (Å²) in [6.45, 7) is 0.550. The van der Waals surface area contributed by atoms with Crippen LogP contribution >= 0.6 is 34.3 Å². The molecule has 0 saturated heterocycles. The van der Waals surface area contributed by atoms with Crippen LogP contribution in [0.4, 0.5) is 13.2 Å². The summed E-state index contributed by atoms with van der Waals surface area (Å²) in [5, 5.41) is 5.32. The van der Waals surface area contributed by atoms with E-state index < -0.39 is 12.6 Å². The van der Waals surface area contributed by atoms with Gasteiger partial charge in [0.1, 0.15) is 0 Å². The third-order valence-electron chi connectivity index (χ3n) is 2.94. The van der Waals surface area contributed by atoms with Crippen LogP contribution in [-0.2, 0) is 0 Å². The molecule has 7 heteroatoms. The minimum atomic E-state index is -4.06. The van der Waals surface area contributed by atoms with E-state index in [-0.39, 0.29) is 12.5 Å². The molecule has 21 heavy (non-hydrogen) atoms. The van der Waals surface area contributed by atoms with E-state index in [0.29, 0.717) is 17.3 Å². The summed E-state index contributed by atoms with van der Waals surface area (Å²) in [5.41, 5.74) is 0. The van der Waals surface area contributed by atoms with Crippen molar-refractivity contribution in [1.29, 1.82) is 0 Å². The standard InChI is InChI=1S/C14H15ClF3NS2/c15-12-6-5-11(21-12)13(10-4-3-9-20-10)19-8-2-1-7-14(16,17)18/h3-6,9,13,19H,1-2,7-8H2. The van der Waals surface area contributed by atoms with Crippen LogP contribution in [-0.4, -0.2) is 12.7 Å². The van der Waals surface area contributed by atoms with E-state index in [0.717, 1.165) is 9.75 Å². The highest BCUT2D eigenvalue weighted by Gasteiger charge is 2.26. The molecule has 0 radical (unpaired) electrons. The van der Waals surface area contributed by atoms with E-state index in [9.17, 15) is 13.2 Å². The van der Waals surface area contributed by atoms with Gasteiger partial charge in [0.15, 0.2) is 0 Å². The molecule has 0 spiro atoms. The number of halogens is 4. The summed E-state index contributed by atoms with van der Waals surface area (Å²) >= 11 is 9.08. The first kappa shape index (κ1) is 16.8. The first-order valence-electron chi connectivity index (χ1n) is 6.54. The zero-order valence-corrected chi connectivity index (χ0v) is 13.5. The fourth-order valence-corrected chi connectivity index (χ4v) is 4.03. The maximum Gasteiger partial charge on any atom is 0.389 e. The first-order valence-corrected chi connectivity index (χ1v) is 8.62. The second-order valence-electron chi connectivity index (χ2n) is 4.62. The highest BCUT2D eigenvalue weighted by molar-refractivity contribution is 7.16. The Labute approximate surface area is 134 Å². The van der Waals surface area contributed by atoms with E-state index in [1.54, 1.807) is 11.3 Å². The first-order chi connectivity index (χ1) is 9.96. The molecule has 0 aliphatic rings. The van der Waals surface area contributed by atoms with E-state index in [2.05, 4.69) is 5.32 Å². The molecule has 1 nitrogen and oxygen atoms in total. The maximum atomic E-state index is 12.1. The number of nitrogens with one attached hydrogen (secondary N) is 1. The third kappa shape index (κ3) is 5.62. The Kier molecular flexibility index (Phi) is 6.10. The van der Waals surface area contributed by atoms with Gasteiger partial charge >= 0.3 is 6.18 Å². The molecule has 0 saturated carbocycles. The van der Waals surface area contributed by atoms with Crippen molar-refractivity contribution in [2.75, 3.05) is 6.54 Å². The monoisotopic (exact) mass is 353 g/mol. The number of hydrogen-bond donors (Lipinski definition) is 1. The molecule has 116 valence electrons. The van der Waals surface area contributed by atoms with E-state index in [4.69, 9.17) is 11.6 Å². The van der Waals surface area contributed by atoms with Crippen LogP contribution in [0.3, 0.4) is 0 Å². The zero-order valence-electron chi connectivity index (χ0n) is 11.1. The second-order valence-corrected chi connectivity index (χ2v) is 7.34. The van der Waals surface area contributed by atoms with Crippen LogP contribution in [0, 0.1) is 0 Å². The van der Waals surface area contributed by atoms with Gasteiger partial charge in [-0.25, -0.2) is 0 Å². The molecule has 2 rings (SSSR count). The van der Waals surface area contributed by atoms with Crippen molar-refractivity contribution in [3.63, 3.8) is 0 Å². The van der Waals surface area contributed by atoms with Gasteiger partial charge < -0.3 is 5.32 Å². The Morgan fingerprint density at radius 3 is 2.52 bits per heavy atom. The van der Waals surface area contributed by atoms with Gasteiger partial charge in [0.25, 0.3) is 0 Å². The average Bonchev–Trinajstić information content (AvgIpc) is 3.04. The summed E-state index contributed by atoms with van der Waals surface area (Å²) in [4.78, 5) is 2.22. The van der Waals surface area contributed by atoms with Gasteiger partial charge in [-0.05, 0) is 43.0 Å². The molecule has 1 N–H and O–H groups in total.